The van der Waals surface area contributed by atoms with Crippen LogP contribution in [0.25, 0.3) is 11.4 Å². The molecule has 2 aliphatic heterocycles. The van der Waals surface area contributed by atoms with Crippen molar-refractivity contribution >= 4 is 27.3 Å². The predicted octanol–water partition coefficient (Wildman–Crippen LogP) is 2.43. The van der Waals surface area contributed by atoms with Crippen molar-refractivity contribution < 1.29 is 13.9 Å². The van der Waals surface area contributed by atoms with Crippen LogP contribution in [0.2, 0.25) is 4.68 Å². The third kappa shape index (κ3) is 4.34. The fourth-order valence-corrected chi connectivity index (χ4v) is 9.16. The summed E-state index contributed by atoms with van der Waals surface area (Å²) < 4.78 is 25.2. The molecule has 1 aromatic carbocycles. The Labute approximate surface area is 188 Å². The molecule has 3 N–H and O–H groups in total. The summed E-state index contributed by atoms with van der Waals surface area (Å²) in [6.07, 6.45) is 5.77. The molecule has 1 aromatic heterocycles. The van der Waals surface area contributed by atoms with E-state index in [4.69, 9.17) is 10.5 Å². The van der Waals surface area contributed by atoms with Crippen LogP contribution in [0.5, 0.6) is 5.75 Å². The Balaban J connectivity index is 1.63. The van der Waals surface area contributed by atoms with Crippen molar-refractivity contribution in [2.45, 2.75) is 23.6 Å². The molecule has 31 heavy (non-hydrogen) atoms. The SMILES string of the molecule is COc1cccc(F)c1-c1nccc(C(=O)N[C]2=C(N3CCCC3CN)C=[CH][In]2[CH3])n1. The molecule has 1 unspecified atom stereocenters. The summed E-state index contributed by atoms with van der Waals surface area (Å²) in [5.41, 5.74) is 7.37. The zero-order valence-electron chi connectivity index (χ0n) is 17.6. The number of carbonyl (C=O) groups excluding carboxylic acids is 1. The number of carbonyl (C=O) groups is 1. The zero-order chi connectivity index (χ0) is 22.0. The Bertz CT molecular complexity index is 1060. The number of likely N-dealkylation sites (tertiary alicyclic amines) is 1. The van der Waals surface area contributed by atoms with Gasteiger partial charge in [-0.2, -0.15) is 0 Å². The van der Waals surface area contributed by atoms with Gasteiger partial charge in [0.25, 0.3) is 0 Å². The minimum atomic E-state index is -2.19. The van der Waals surface area contributed by atoms with Crippen LogP contribution in [-0.4, -0.2) is 68.5 Å². The van der Waals surface area contributed by atoms with Crippen LogP contribution in [0.15, 0.2) is 49.5 Å². The van der Waals surface area contributed by atoms with Gasteiger partial charge >= 0.3 is 189 Å². The summed E-state index contributed by atoms with van der Waals surface area (Å²) in [7, 11) is 1.46. The first-order valence-corrected chi connectivity index (χ1v) is 17.2. The van der Waals surface area contributed by atoms with E-state index < -0.39 is 27.3 Å². The Hall–Kier alpha value is -2.39. The maximum absolute atomic E-state index is 14.4. The molecule has 160 valence electrons. The van der Waals surface area contributed by atoms with Crippen molar-refractivity contribution in [3.63, 3.8) is 0 Å². The van der Waals surface area contributed by atoms with Crippen molar-refractivity contribution in [3.05, 3.63) is 61.0 Å². The van der Waals surface area contributed by atoms with E-state index in [1.807, 2.05) is 0 Å². The van der Waals surface area contributed by atoms with E-state index in [2.05, 4.69) is 34.8 Å². The molecule has 4 rings (SSSR count). The fraction of sp³-hybridized carbons (Fsp3) is 0.318. The quantitative estimate of drug-likeness (QED) is 0.602. The number of nitrogens with zero attached hydrogens (tertiary/aromatic N) is 3. The van der Waals surface area contributed by atoms with Crippen LogP contribution in [0, 0.1) is 5.82 Å². The number of halogens is 1. The zero-order valence-corrected chi connectivity index (χ0v) is 20.9. The van der Waals surface area contributed by atoms with E-state index >= 15 is 0 Å². The van der Waals surface area contributed by atoms with Gasteiger partial charge in [-0.3, -0.25) is 0 Å². The molecule has 1 amide bonds. The molecule has 2 aromatic rings. The van der Waals surface area contributed by atoms with E-state index in [1.165, 1.54) is 25.4 Å². The van der Waals surface area contributed by atoms with E-state index in [0.29, 0.717) is 18.3 Å². The summed E-state index contributed by atoms with van der Waals surface area (Å²) in [6, 6.07) is 6.34. The molecular weight excluding hydrogens is 500 g/mol. The number of nitrogens with two attached hydrogens (primary N) is 1. The second kappa shape index (κ2) is 9.40. The molecule has 9 heteroatoms. The molecule has 1 atom stereocenters. The molecular formula is C22H25FInN5O2. The monoisotopic (exact) mass is 525 g/mol. The van der Waals surface area contributed by atoms with Gasteiger partial charge in [0, 0.05) is 0 Å². The van der Waals surface area contributed by atoms with Crippen LogP contribution < -0.4 is 15.8 Å². The van der Waals surface area contributed by atoms with Gasteiger partial charge in [0.05, 0.1) is 0 Å². The van der Waals surface area contributed by atoms with E-state index in [-0.39, 0.29) is 23.0 Å². The van der Waals surface area contributed by atoms with E-state index in [1.54, 1.807) is 12.1 Å². The van der Waals surface area contributed by atoms with Crippen molar-refractivity contribution in [3.8, 4) is 17.1 Å². The van der Waals surface area contributed by atoms with Gasteiger partial charge in [0.15, 0.2) is 0 Å². The maximum atomic E-state index is 14.4. The van der Waals surface area contributed by atoms with Gasteiger partial charge in [-0.1, -0.05) is 0 Å². The number of hydrogen-bond acceptors (Lipinski definition) is 6. The molecule has 1 fully saturated rings. The molecule has 0 aliphatic carbocycles. The molecule has 0 bridgehead atoms. The Kier molecular flexibility index (Phi) is 6.62. The van der Waals surface area contributed by atoms with Gasteiger partial charge in [-0.15, -0.1) is 0 Å². The number of aromatic nitrogens is 2. The Morgan fingerprint density at radius 1 is 1.42 bits per heavy atom. The Morgan fingerprint density at radius 3 is 3.03 bits per heavy atom. The predicted molar refractivity (Wildman–Crippen MR) is 118 cm³/mol. The van der Waals surface area contributed by atoms with Crippen LogP contribution in [0.1, 0.15) is 23.3 Å². The van der Waals surface area contributed by atoms with Crippen molar-refractivity contribution in [2.75, 3.05) is 20.2 Å². The van der Waals surface area contributed by atoms with Crippen LogP contribution in [0.4, 0.5) is 4.39 Å². The van der Waals surface area contributed by atoms with Crippen LogP contribution in [-0.2, 0) is 0 Å². The van der Waals surface area contributed by atoms with Gasteiger partial charge in [-0.25, -0.2) is 0 Å². The van der Waals surface area contributed by atoms with Crippen LogP contribution in [0.3, 0.4) is 0 Å². The second-order valence-corrected chi connectivity index (χ2v) is 15.0. The summed E-state index contributed by atoms with van der Waals surface area (Å²) >= 11 is -2.19. The molecule has 7 nitrogen and oxygen atoms in total. The van der Waals surface area contributed by atoms with Crippen molar-refractivity contribution in [1.82, 2.24) is 20.2 Å². The number of amides is 1. The van der Waals surface area contributed by atoms with Crippen molar-refractivity contribution in [2.24, 2.45) is 5.73 Å². The molecule has 3 heterocycles. The Morgan fingerprint density at radius 2 is 2.26 bits per heavy atom. The molecule has 0 saturated carbocycles. The van der Waals surface area contributed by atoms with E-state index in [0.717, 1.165) is 28.5 Å². The van der Waals surface area contributed by atoms with Crippen LogP contribution >= 0.6 is 0 Å². The van der Waals surface area contributed by atoms with Gasteiger partial charge in [0.1, 0.15) is 0 Å². The fourth-order valence-electron chi connectivity index (χ4n) is 4.16. The normalized spacial score (nSPS) is 18.1. The summed E-state index contributed by atoms with van der Waals surface area (Å²) in [4.78, 5) is 23.9. The van der Waals surface area contributed by atoms with Gasteiger partial charge in [0.2, 0.25) is 0 Å². The third-order valence-corrected chi connectivity index (χ3v) is 11.8. The number of hydrogen-bond donors (Lipinski definition) is 2. The van der Waals surface area contributed by atoms with Gasteiger partial charge in [-0.05, 0) is 0 Å². The first-order chi connectivity index (χ1) is 15.0. The first kappa shape index (κ1) is 21.8. The summed E-state index contributed by atoms with van der Waals surface area (Å²) in [5, 5.41) is 3.11. The molecule has 2 aliphatic rings. The molecule has 0 radical (unpaired) electrons. The number of allylic oxidation sites excluding steroid dienone is 1. The number of benzene rings is 1. The summed E-state index contributed by atoms with van der Waals surface area (Å²) in [5.74, 6) is -0.398. The third-order valence-electron chi connectivity index (χ3n) is 5.79. The number of nitrogens with one attached hydrogen (secondary N) is 1. The summed E-state index contributed by atoms with van der Waals surface area (Å²) in [6.45, 7) is 1.55. The molecule has 0 spiro atoms. The number of methoxy groups -OCH3 is 1. The van der Waals surface area contributed by atoms with Crippen molar-refractivity contribution in [1.29, 1.82) is 0 Å². The average molecular weight is 525 g/mol. The van der Waals surface area contributed by atoms with Gasteiger partial charge < -0.3 is 0 Å². The van der Waals surface area contributed by atoms with E-state index in [9.17, 15) is 9.18 Å². The molecule has 1 saturated heterocycles. The topological polar surface area (TPSA) is 93.4 Å². The number of rotatable bonds is 6. The standard InChI is InChI=1S/C21H22FN5O2.CH3.In/c1-3-14(27-11-5-6-15(27)12-23)13-25-21(28)17-9-10-24-20(26-17)19-16(22)7-4-8-18(19)29-2;;/h1,3-4,7-10,15H,5-6,11-12,23H2,2H3,(H,25,28);1H3;. The second-order valence-electron chi connectivity index (χ2n) is 7.71. The minimum absolute atomic E-state index is 0.112. The number of ether oxygens (including phenoxy) is 1. The first-order valence-electron chi connectivity index (χ1n) is 10.4. The average Bonchev–Trinajstić information content (AvgIpc) is 3.40.